The summed E-state index contributed by atoms with van der Waals surface area (Å²) in [6, 6.07) is 0. The predicted octanol–water partition coefficient (Wildman–Crippen LogP) is 0.847. The number of hydrogen-bond acceptors (Lipinski definition) is 4. The van der Waals surface area contributed by atoms with E-state index in [1.165, 1.54) is 0 Å². The van der Waals surface area contributed by atoms with Crippen molar-refractivity contribution in [2.24, 2.45) is 11.8 Å². The maximum Gasteiger partial charge on any atom is 0.250 e. The quantitative estimate of drug-likeness (QED) is 0.598. The third-order valence-corrected chi connectivity index (χ3v) is 2.67. The zero-order valence-electron chi connectivity index (χ0n) is 9.90. The van der Waals surface area contributed by atoms with Gasteiger partial charge < -0.3 is 20.1 Å². The summed E-state index contributed by atoms with van der Waals surface area (Å²) in [6.45, 7) is 7.73. The number of aliphatic hydroxyl groups excluding tert-OH is 1. The highest BCUT2D eigenvalue weighted by atomic mass is 16.8. The Kier molecular flexibility index (Phi) is 3.45. The lowest BCUT2D eigenvalue weighted by molar-refractivity contribution is -0.0879. The van der Waals surface area contributed by atoms with E-state index in [9.17, 15) is 15.3 Å². The van der Waals surface area contributed by atoms with Gasteiger partial charge in [-0.05, 0) is 18.3 Å². The molecule has 0 aromatic heterocycles. The molecule has 1 rings (SSSR count). The molecule has 3 unspecified atom stereocenters. The molecule has 0 bridgehead atoms. The third-order valence-electron chi connectivity index (χ3n) is 2.67. The minimum Gasteiger partial charge on any atom is -0.387 e. The minimum absolute atomic E-state index is 0.204. The largest absolute Gasteiger partial charge is 0.387 e. The molecule has 1 saturated heterocycles. The van der Waals surface area contributed by atoms with Crippen LogP contribution in [0.1, 0.15) is 40.5 Å². The molecule has 0 aromatic carbocycles. The van der Waals surface area contributed by atoms with Gasteiger partial charge in [0.2, 0.25) is 5.79 Å². The van der Waals surface area contributed by atoms with E-state index in [4.69, 9.17) is 4.74 Å². The smallest absolute Gasteiger partial charge is 0.250 e. The second-order valence-electron chi connectivity index (χ2n) is 5.33. The Morgan fingerprint density at radius 2 is 1.60 bits per heavy atom. The fourth-order valence-electron chi connectivity index (χ4n) is 1.91. The zero-order chi connectivity index (χ0) is 11.9. The van der Waals surface area contributed by atoms with E-state index in [0.29, 0.717) is 12.8 Å². The lowest BCUT2D eigenvalue weighted by Crippen LogP contribution is -2.39. The second kappa shape index (κ2) is 4.01. The first-order valence-corrected chi connectivity index (χ1v) is 5.54. The fraction of sp³-hybridized carbons (Fsp3) is 1.00. The van der Waals surface area contributed by atoms with Crippen molar-refractivity contribution in [1.82, 2.24) is 0 Å². The van der Waals surface area contributed by atoms with Gasteiger partial charge in [0, 0.05) is 6.42 Å². The molecule has 1 aliphatic rings. The third kappa shape index (κ3) is 2.50. The van der Waals surface area contributed by atoms with E-state index < -0.39 is 17.7 Å². The van der Waals surface area contributed by atoms with Crippen LogP contribution < -0.4 is 0 Å². The van der Waals surface area contributed by atoms with Gasteiger partial charge in [0.05, 0.1) is 0 Å². The van der Waals surface area contributed by atoms with Gasteiger partial charge in [-0.25, -0.2) is 0 Å². The van der Waals surface area contributed by atoms with Gasteiger partial charge in [-0.15, -0.1) is 0 Å². The van der Waals surface area contributed by atoms with Crippen molar-refractivity contribution in [2.75, 3.05) is 0 Å². The molecule has 3 atom stereocenters. The van der Waals surface area contributed by atoms with E-state index in [-0.39, 0.29) is 11.8 Å². The summed E-state index contributed by atoms with van der Waals surface area (Å²) in [5, 5.41) is 29.5. The van der Waals surface area contributed by atoms with Gasteiger partial charge in [-0.1, -0.05) is 27.7 Å². The molecule has 3 N–H and O–H groups in total. The monoisotopic (exact) mass is 218 g/mol. The summed E-state index contributed by atoms with van der Waals surface area (Å²) < 4.78 is 4.93. The number of epoxide rings is 1. The lowest BCUT2D eigenvalue weighted by Gasteiger charge is -2.19. The summed E-state index contributed by atoms with van der Waals surface area (Å²) in [4.78, 5) is 0. The summed E-state index contributed by atoms with van der Waals surface area (Å²) >= 11 is 0. The highest BCUT2D eigenvalue weighted by Gasteiger charge is 2.73. The Morgan fingerprint density at radius 3 is 2.00 bits per heavy atom. The fourth-order valence-corrected chi connectivity index (χ4v) is 1.91. The van der Waals surface area contributed by atoms with Crippen LogP contribution >= 0.6 is 0 Å². The van der Waals surface area contributed by atoms with Crippen molar-refractivity contribution in [1.29, 1.82) is 0 Å². The summed E-state index contributed by atoms with van der Waals surface area (Å²) in [6.07, 6.45) is -0.281. The molecule has 1 heterocycles. The standard InChI is InChI=1S/C11H22O4/c1-7(2)5-9(12)11(14)10(13,15-11)6-8(3)4/h7-9,12-14H,5-6H2,1-4H3. The zero-order valence-corrected chi connectivity index (χ0v) is 9.90. The van der Waals surface area contributed by atoms with Crippen LogP contribution in [0.5, 0.6) is 0 Å². The number of hydrogen-bond donors (Lipinski definition) is 3. The van der Waals surface area contributed by atoms with Crippen LogP contribution in [0.3, 0.4) is 0 Å². The molecule has 0 aromatic rings. The summed E-state index contributed by atoms with van der Waals surface area (Å²) in [5.74, 6) is -2.87. The van der Waals surface area contributed by atoms with Gasteiger partial charge in [0.1, 0.15) is 6.10 Å². The first kappa shape index (κ1) is 12.9. The highest BCUT2D eigenvalue weighted by Crippen LogP contribution is 2.51. The lowest BCUT2D eigenvalue weighted by atomic mass is 9.94. The molecule has 4 heteroatoms. The molecule has 0 saturated carbocycles. The first-order valence-electron chi connectivity index (χ1n) is 5.54. The molecule has 0 amide bonds. The summed E-state index contributed by atoms with van der Waals surface area (Å²) in [7, 11) is 0. The van der Waals surface area contributed by atoms with Crippen LogP contribution in [-0.4, -0.2) is 33.0 Å². The van der Waals surface area contributed by atoms with Crippen molar-refractivity contribution >= 4 is 0 Å². The Morgan fingerprint density at radius 1 is 1.07 bits per heavy atom. The first-order chi connectivity index (χ1) is 6.71. The maximum absolute atomic E-state index is 9.89. The molecule has 4 nitrogen and oxygen atoms in total. The van der Waals surface area contributed by atoms with Gasteiger partial charge >= 0.3 is 0 Å². The average molecular weight is 218 g/mol. The second-order valence-corrected chi connectivity index (χ2v) is 5.33. The van der Waals surface area contributed by atoms with Crippen LogP contribution in [0, 0.1) is 11.8 Å². The predicted molar refractivity (Wildman–Crippen MR) is 55.9 cm³/mol. The van der Waals surface area contributed by atoms with Gasteiger partial charge in [-0.2, -0.15) is 0 Å². The number of rotatable bonds is 5. The number of ether oxygens (including phenoxy) is 1. The maximum atomic E-state index is 9.89. The molecular formula is C11H22O4. The molecule has 0 spiro atoms. The van der Waals surface area contributed by atoms with Crippen LogP contribution in [-0.2, 0) is 4.74 Å². The number of aliphatic hydroxyl groups is 3. The van der Waals surface area contributed by atoms with E-state index in [2.05, 4.69) is 0 Å². The molecule has 90 valence electrons. The molecule has 1 fully saturated rings. The van der Waals surface area contributed by atoms with Crippen molar-refractivity contribution in [3.8, 4) is 0 Å². The Bertz CT molecular complexity index is 229. The van der Waals surface area contributed by atoms with Crippen LogP contribution in [0.4, 0.5) is 0 Å². The van der Waals surface area contributed by atoms with Crippen LogP contribution in [0.15, 0.2) is 0 Å². The van der Waals surface area contributed by atoms with E-state index in [0.717, 1.165) is 0 Å². The van der Waals surface area contributed by atoms with E-state index in [1.807, 2.05) is 27.7 Å². The SMILES string of the molecule is CC(C)CC(O)C1(O)OC1(O)CC(C)C. The van der Waals surface area contributed by atoms with Crippen LogP contribution in [0.2, 0.25) is 0 Å². The summed E-state index contributed by atoms with van der Waals surface area (Å²) in [5.41, 5.74) is 0. The normalized spacial score (nSPS) is 37.4. The highest BCUT2D eigenvalue weighted by molar-refractivity contribution is 5.05. The molecule has 0 radical (unpaired) electrons. The van der Waals surface area contributed by atoms with Crippen molar-refractivity contribution in [3.05, 3.63) is 0 Å². The Hall–Kier alpha value is -0.160. The van der Waals surface area contributed by atoms with Crippen molar-refractivity contribution in [3.63, 3.8) is 0 Å². The van der Waals surface area contributed by atoms with Gasteiger partial charge in [0.25, 0.3) is 5.79 Å². The minimum atomic E-state index is -1.76. The molecule has 15 heavy (non-hydrogen) atoms. The van der Waals surface area contributed by atoms with Gasteiger partial charge in [-0.3, -0.25) is 0 Å². The van der Waals surface area contributed by atoms with E-state index in [1.54, 1.807) is 0 Å². The Balaban J connectivity index is 2.56. The van der Waals surface area contributed by atoms with Gasteiger partial charge in [0.15, 0.2) is 0 Å². The van der Waals surface area contributed by atoms with E-state index >= 15 is 0 Å². The average Bonchev–Trinajstić information content (AvgIpc) is 2.51. The van der Waals surface area contributed by atoms with Crippen molar-refractivity contribution < 1.29 is 20.1 Å². The Labute approximate surface area is 90.9 Å². The molecule has 0 aliphatic carbocycles. The molecular weight excluding hydrogens is 196 g/mol. The van der Waals surface area contributed by atoms with Crippen molar-refractivity contribution in [2.45, 2.75) is 58.2 Å². The molecule has 1 aliphatic heterocycles. The van der Waals surface area contributed by atoms with Crippen LogP contribution in [0.25, 0.3) is 0 Å². The topological polar surface area (TPSA) is 73.2 Å².